The largest absolute Gasteiger partial charge is 0.489 e. The number of benzene rings is 2. The Morgan fingerprint density at radius 3 is 0.788 bits per heavy atom. The molecule has 0 aromatic heterocycles. The normalized spacial score (nSPS) is 15.9. The molecule has 2 aromatic carbocycles. The highest BCUT2D eigenvalue weighted by Crippen LogP contribution is 2.67. The van der Waals surface area contributed by atoms with Crippen molar-refractivity contribution in [3.63, 3.8) is 0 Å². The summed E-state index contributed by atoms with van der Waals surface area (Å²) in [6.45, 7) is -0.690. The molecule has 0 amide bonds. The number of hydrogen-bond acceptors (Lipinski definition) is 1. The molecule has 0 aliphatic carbocycles. The molecule has 0 fully saturated rings. The Kier molecular flexibility index (Phi) is 14.0. The SMILES string of the molecule is CCc1ccc(OCc2cc(C(F)(F)C(F)(F)C(F)(F)C(F)(F)C(F)(F)C(F)(F)C(F)(F)C(F)(F)F)cc(C(F)(F)C(F)(F)C(F)(F)C(F)(F)C(F)(F)C(F)(F)C(F)(F)C(F)(F)F)c2)cc1. The third kappa shape index (κ3) is 7.82. The van der Waals surface area contributed by atoms with Crippen LogP contribution in [0.3, 0.4) is 0 Å². The first-order valence-electron chi connectivity index (χ1n) is 15.9. The van der Waals surface area contributed by atoms with Crippen molar-refractivity contribution in [1.82, 2.24) is 0 Å². The number of rotatable bonds is 18. The fourth-order valence-corrected chi connectivity index (χ4v) is 4.82. The van der Waals surface area contributed by atoms with E-state index < -0.39 is 143 Å². The molecule has 382 valence electrons. The smallest absolute Gasteiger partial charge is 0.460 e. The molecule has 0 aliphatic heterocycles. The Morgan fingerprint density at radius 2 is 0.545 bits per heavy atom. The minimum Gasteiger partial charge on any atom is -0.489 e. The van der Waals surface area contributed by atoms with E-state index in [1.807, 2.05) is 0 Å². The van der Waals surface area contributed by atoms with E-state index in [1.54, 1.807) is 0 Å². The van der Waals surface area contributed by atoms with Gasteiger partial charge < -0.3 is 4.74 Å². The van der Waals surface area contributed by atoms with E-state index >= 15 is 17.6 Å². The van der Waals surface area contributed by atoms with Crippen molar-refractivity contribution in [2.75, 3.05) is 0 Å². The first-order chi connectivity index (χ1) is 28.6. The van der Waals surface area contributed by atoms with Gasteiger partial charge in [-0.3, -0.25) is 0 Å². The zero-order valence-corrected chi connectivity index (χ0v) is 30.2. The summed E-state index contributed by atoms with van der Waals surface area (Å²) >= 11 is 0. The van der Waals surface area contributed by atoms with Crippen LogP contribution in [0.4, 0.5) is 149 Å². The van der Waals surface area contributed by atoms with Gasteiger partial charge in [0.05, 0.1) is 0 Å². The van der Waals surface area contributed by atoms with E-state index in [4.69, 9.17) is 0 Å². The van der Waals surface area contributed by atoms with E-state index in [-0.39, 0.29) is 6.42 Å². The molecule has 1 nitrogen and oxygen atoms in total. The van der Waals surface area contributed by atoms with Gasteiger partial charge in [-0.25, -0.2) is 0 Å². The van der Waals surface area contributed by atoms with Crippen LogP contribution in [-0.4, -0.2) is 83.4 Å². The number of hydrogen-bond donors (Lipinski definition) is 0. The topological polar surface area (TPSA) is 9.23 Å². The molecular weight excluding hydrogens is 1030 g/mol. The first kappa shape index (κ1) is 58.0. The molecule has 0 saturated carbocycles. The van der Waals surface area contributed by atoms with Crippen LogP contribution in [0.15, 0.2) is 42.5 Å². The van der Waals surface area contributed by atoms with Gasteiger partial charge in [0.1, 0.15) is 12.4 Å². The number of alkyl halides is 34. The molecule has 2 rings (SSSR count). The second-order valence-electron chi connectivity index (χ2n) is 13.2. The zero-order valence-electron chi connectivity index (χ0n) is 30.2. The molecule has 2 aromatic rings. The third-order valence-electron chi connectivity index (χ3n) is 8.90. The van der Waals surface area contributed by atoms with Gasteiger partial charge in [-0.1, -0.05) is 19.1 Å². The molecule has 0 heterocycles. The highest BCUT2D eigenvalue weighted by Gasteiger charge is 2.97. The lowest BCUT2D eigenvalue weighted by Crippen LogP contribution is -2.74. The fourth-order valence-electron chi connectivity index (χ4n) is 4.82. The minimum atomic E-state index is -9.40. The van der Waals surface area contributed by atoms with Crippen LogP contribution in [0, 0.1) is 0 Å². The van der Waals surface area contributed by atoms with Gasteiger partial charge in [0.25, 0.3) is 0 Å². The van der Waals surface area contributed by atoms with Crippen molar-refractivity contribution in [3.05, 3.63) is 64.7 Å². The highest BCUT2D eigenvalue weighted by molar-refractivity contribution is 5.39. The van der Waals surface area contributed by atoms with Crippen LogP contribution in [0.5, 0.6) is 5.75 Å². The van der Waals surface area contributed by atoms with Gasteiger partial charge in [-0.05, 0) is 47.9 Å². The molecule has 35 heteroatoms. The van der Waals surface area contributed by atoms with Crippen molar-refractivity contribution in [3.8, 4) is 5.75 Å². The van der Waals surface area contributed by atoms with Crippen molar-refractivity contribution in [2.24, 2.45) is 0 Å². The quantitative estimate of drug-likeness (QED) is 0.135. The Labute approximate surface area is 340 Å². The summed E-state index contributed by atoms with van der Waals surface area (Å²) in [4.78, 5) is 0. The summed E-state index contributed by atoms with van der Waals surface area (Å²) in [7, 11) is 0. The lowest BCUT2D eigenvalue weighted by atomic mass is 9.84. The number of ether oxygens (including phenoxy) is 1. The molecule has 0 N–H and O–H groups in total. The summed E-state index contributed by atoms with van der Waals surface area (Å²) < 4.78 is 477. The van der Waals surface area contributed by atoms with Crippen LogP contribution in [0.2, 0.25) is 0 Å². The van der Waals surface area contributed by atoms with E-state index in [9.17, 15) is 132 Å². The van der Waals surface area contributed by atoms with Crippen LogP contribution in [0.25, 0.3) is 0 Å². The van der Waals surface area contributed by atoms with Crippen molar-refractivity contribution >= 4 is 0 Å². The summed E-state index contributed by atoms with van der Waals surface area (Å²) in [6.07, 6.45) is -16.3. The van der Waals surface area contributed by atoms with Gasteiger partial charge in [0.2, 0.25) is 0 Å². The molecule has 0 atom stereocenters. The van der Waals surface area contributed by atoms with Crippen molar-refractivity contribution < 1.29 is 154 Å². The summed E-state index contributed by atoms with van der Waals surface area (Å²) in [5.41, 5.74) is -9.92. The van der Waals surface area contributed by atoms with Crippen LogP contribution < -0.4 is 4.74 Å². The van der Waals surface area contributed by atoms with Crippen molar-refractivity contribution in [2.45, 2.75) is 115 Å². The standard InChI is InChI=1S/C31H14F34O/c1-2-11-3-5-15(6-4-11)66-10-12-7-13(16(32,33)18(36,37)20(40,41)22(44,45)24(48,49)26(52,53)28(56,57)30(60,61)62)9-14(8-12)17(34,35)19(38,39)21(42,43)23(46,47)25(50,51)27(54,55)29(58,59)31(63,64)65/h3-9H,2,10H2,1H3. The number of halogens is 34. The molecule has 66 heavy (non-hydrogen) atoms. The van der Waals surface area contributed by atoms with E-state index in [0.29, 0.717) is 5.56 Å². The average Bonchev–Trinajstić information content (AvgIpc) is 3.15. The Hall–Kier alpha value is -4.14. The van der Waals surface area contributed by atoms with E-state index in [2.05, 4.69) is 4.74 Å². The summed E-state index contributed by atoms with van der Waals surface area (Å²) in [5, 5.41) is 0. The maximum atomic E-state index is 15.3. The molecule has 0 radical (unpaired) electrons. The fraction of sp³-hybridized carbons (Fsp3) is 0.613. The molecule has 0 aliphatic rings. The average molecular weight is 1050 g/mol. The van der Waals surface area contributed by atoms with Crippen LogP contribution in [-0.2, 0) is 24.9 Å². The molecule has 0 spiro atoms. The van der Waals surface area contributed by atoms with Crippen LogP contribution >= 0.6 is 0 Å². The third-order valence-corrected chi connectivity index (χ3v) is 8.90. The van der Waals surface area contributed by atoms with E-state index in [0.717, 1.165) is 24.3 Å². The van der Waals surface area contributed by atoms with Gasteiger partial charge in [0, 0.05) is 11.1 Å². The predicted octanol–water partition coefficient (Wildman–Crippen LogP) is 14.8. The van der Waals surface area contributed by atoms with Gasteiger partial charge >= 0.3 is 95.3 Å². The zero-order chi connectivity index (χ0) is 53.0. The monoisotopic (exact) mass is 1050 g/mol. The predicted molar refractivity (Wildman–Crippen MR) is 146 cm³/mol. The maximum absolute atomic E-state index is 15.3. The van der Waals surface area contributed by atoms with E-state index in [1.165, 1.54) is 6.92 Å². The first-order valence-corrected chi connectivity index (χ1v) is 15.9. The van der Waals surface area contributed by atoms with Gasteiger partial charge in [-0.2, -0.15) is 149 Å². The highest BCUT2D eigenvalue weighted by atomic mass is 19.4. The van der Waals surface area contributed by atoms with Gasteiger partial charge in [-0.15, -0.1) is 0 Å². The summed E-state index contributed by atoms with van der Waals surface area (Å²) in [5.74, 6) is -127. The summed E-state index contributed by atoms with van der Waals surface area (Å²) in [6, 6.07) is -1.17. The number of aryl methyl sites for hydroxylation is 1. The Balaban J connectivity index is 3.05. The second kappa shape index (κ2) is 16.0. The minimum absolute atomic E-state index is 0.133. The maximum Gasteiger partial charge on any atom is 0.460 e. The lowest BCUT2D eigenvalue weighted by Gasteiger charge is -2.43. The molecule has 0 unspecified atom stereocenters. The Bertz CT molecular complexity index is 1920. The van der Waals surface area contributed by atoms with Gasteiger partial charge in [0.15, 0.2) is 0 Å². The lowest BCUT2D eigenvalue weighted by molar-refractivity contribution is -0.463. The Morgan fingerprint density at radius 1 is 0.303 bits per heavy atom. The molecule has 0 bridgehead atoms. The second-order valence-corrected chi connectivity index (χ2v) is 13.2. The molecule has 0 saturated heterocycles. The molecular formula is C31H14F34O. The van der Waals surface area contributed by atoms with Crippen molar-refractivity contribution in [1.29, 1.82) is 0 Å². The van der Waals surface area contributed by atoms with Crippen LogP contribution in [0.1, 0.15) is 29.2 Å².